The maximum Gasteiger partial charge on any atom is 0.221 e. The zero-order valence-electron chi connectivity index (χ0n) is 11.6. The van der Waals surface area contributed by atoms with E-state index in [1.165, 1.54) is 6.92 Å². The van der Waals surface area contributed by atoms with E-state index in [0.717, 1.165) is 21.0 Å². The van der Waals surface area contributed by atoms with Gasteiger partial charge in [-0.05, 0) is 42.8 Å². The molecule has 0 fully saturated rings. The summed E-state index contributed by atoms with van der Waals surface area (Å²) in [5.41, 5.74) is 7.94. The second-order valence-corrected chi connectivity index (χ2v) is 5.75. The zero-order chi connectivity index (χ0) is 14.5. The lowest BCUT2D eigenvalue weighted by Crippen LogP contribution is -2.06. The quantitative estimate of drug-likeness (QED) is 0.898. The molecule has 0 saturated heterocycles. The summed E-state index contributed by atoms with van der Waals surface area (Å²) in [6.45, 7) is 3.49. The third-order valence-electron chi connectivity index (χ3n) is 2.81. The standard InChI is InChI=1S/C16H18N2OS/c1-11(17)15-5-3-4-6-16(15)20-14-9-7-13(8-10-14)18-12(2)19/h3-11H,17H2,1-2H3,(H,18,19). The lowest BCUT2D eigenvalue weighted by molar-refractivity contribution is -0.114. The minimum absolute atomic E-state index is 0.0114. The smallest absolute Gasteiger partial charge is 0.221 e. The molecule has 0 aliphatic heterocycles. The average Bonchev–Trinajstić information content (AvgIpc) is 2.41. The molecular weight excluding hydrogens is 268 g/mol. The summed E-state index contributed by atoms with van der Waals surface area (Å²) in [7, 11) is 0. The van der Waals surface area contributed by atoms with Crippen molar-refractivity contribution in [3.8, 4) is 0 Å². The van der Waals surface area contributed by atoms with Crippen LogP contribution in [-0.4, -0.2) is 5.91 Å². The molecule has 0 heterocycles. The minimum Gasteiger partial charge on any atom is -0.326 e. The van der Waals surface area contributed by atoms with Crippen LogP contribution in [0, 0.1) is 0 Å². The van der Waals surface area contributed by atoms with Crippen LogP contribution in [0.5, 0.6) is 0 Å². The molecule has 1 amide bonds. The molecular formula is C16H18N2OS. The Morgan fingerprint density at radius 1 is 1.15 bits per heavy atom. The van der Waals surface area contributed by atoms with Gasteiger partial charge in [0.2, 0.25) is 5.91 Å². The largest absolute Gasteiger partial charge is 0.326 e. The van der Waals surface area contributed by atoms with Gasteiger partial charge < -0.3 is 11.1 Å². The fraction of sp³-hybridized carbons (Fsp3) is 0.188. The monoisotopic (exact) mass is 286 g/mol. The lowest BCUT2D eigenvalue weighted by atomic mass is 10.1. The van der Waals surface area contributed by atoms with Crippen LogP contribution in [0.15, 0.2) is 58.3 Å². The maximum atomic E-state index is 11.0. The molecule has 0 saturated carbocycles. The molecule has 0 aliphatic carbocycles. The summed E-state index contributed by atoms with van der Waals surface area (Å²) in [5.74, 6) is -0.0623. The molecule has 0 radical (unpaired) electrons. The highest BCUT2D eigenvalue weighted by molar-refractivity contribution is 7.99. The Bertz CT molecular complexity index is 594. The summed E-state index contributed by atoms with van der Waals surface area (Å²) in [6.07, 6.45) is 0. The van der Waals surface area contributed by atoms with Crippen molar-refractivity contribution < 1.29 is 4.79 Å². The topological polar surface area (TPSA) is 55.1 Å². The second kappa shape index (κ2) is 6.59. The van der Waals surface area contributed by atoms with E-state index in [0.29, 0.717) is 0 Å². The Kier molecular flexibility index (Phi) is 4.82. The predicted molar refractivity (Wildman–Crippen MR) is 83.9 cm³/mol. The number of nitrogens with two attached hydrogens (primary N) is 1. The molecule has 4 heteroatoms. The number of carbonyl (C=O) groups is 1. The fourth-order valence-electron chi connectivity index (χ4n) is 1.89. The number of carbonyl (C=O) groups excluding carboxylic acids is 1. The number of benzene rings is 2. The molecule has 0 spiro atoms. The average molecular weight is 286 g/mol. The Hall–Kier alpha value is -1.78. The highest BCUT2D eigenvalue weighted by Crippen LogP contribution is 2.33. The van der Waals surface area contributed by atoms with Gasteiger partial charge >= 0.3 is 0 Å². The van der Waals surface area contributed by atoms with Crippen molar-refractivity contribution in [2.75, 3.05) is 5.32 Å². The van der Waals surface area contributed by atoms with Crippen LogP contribution in [0.3, 0.4) is 0 Å². The number of hydrogen-bond acceptors (Lipinski definition) is 3. The molecule has 3 nitrogen and oxygen atoms in total. The van der Waals surface area contributed by atoms with Gasteiger partial charge in [0, 0.05) is 28.4 Å². The number of rotatable bonds is 4. The molecule has 1 unspecified atom stereocenters. The Morgan fingerprint density at radius 2 is 1.80 bits per heavy atom. The van der Waals surface area contributed by atoms with Crippen molar-refractivity contribution in [2.45, 2.75) is 29.7 Å². The van der Waals surface area contributed by atoms with Crippen molar-refractivity contribution >= 4 is 23.4 Å². The van der Waals surface area contributed by atoms with Gasteiger partial charge in [-0.1, -0.05) is 30.0 Å². The van der Waals surface area contributed by atoms with Crippen molar-refractivity contribution in [1.29, 1.82) is 0 Å². The molecule has 0 aliphatic rings. The molecule has 3 N–H and O–H groups in total. The van der Waals surface area contributed by atoms with Crippen molar-refractivity contribution in [2.24, 2.45) is 5.73 Å². The van der Waals surface area contributed by atoms with E-state index in [-0.39, 0.29) is 11.9 Å². The molecule has 2 aromatic carbocycles. The first-order valence-corrected chi connectivity index (χ1v) is 7.28. The van der Waals surface area contributed by atoms with E-state index in [1.54, 1.807) is 11.8 Å². The van der Waals surface area contributed by atoms with Gasteiger partial charge in [0.05, 0.1) is 0 Å². The van der Waals surface area contributed by atoms with E-state index in [4.69, 9.17) is 5.73 Å². The van der Waals surface area contributed by atoms with Crippen LogP contribution in [0.4, 0.5) is 5.69 Å². The van der Waals surface area contributed by atoms with E-state index >= 15 is 0 Å². The lowest BCUT2D eigenvalue weighted by Gasteiger charge is -2.12. The van der Waals surface area contributed by atoms with Gasteiger partial charge in [0.25, 0.3) is 0 Å². The summed E-state index contributed by atoms with van der Waals surface area (Å²) in [6, 6.07) is 15.9. The fourth-order valence-corrected chi connectivity index (χ4v) is 2.93. The summed E-state index contributed by atoms with van der Waals surface area (Å²) in [4.78, 5) is 13.3. The molecule has 2 aromatic rings. The van der Waals surface area contributed by atoms with E-state index in [9.17, 15) is 4.79 Å². The van der Waals surface area contributed by atoms with Gasteiger partial charge in [0.1, 0.15) is 0 Å². The molecule has 104 valence electrons. The zero-order valence-corrected chi connectivity index (χ0v) is 12.4. The Morgan fingerprint density at radius 3 is 2.40 bits per heavy atom. The maximum absolute atomic E-state index is 11.0. The van der Waals surface area contributed by atoms with E-state index in [2.05, 4.69) is 17.4 Å². The number of anilines is 1. The molecule has 0 aromatic heterocycles. The first-order valence-electron chi connectivity index (χ1n) is 6.46. The third-order valence-corrected chi connectivity index (χ3v) is 3.91. The van der Waals surface area contributed by atoms with Crippen LogP contribution < -0.4 is 11.1 Å². The van der Waals surface area contributed by atoms with Crippen molar-refractivity contribution in [3.05, 3.63) is 54.1 Å². The SMILES string of the molecule is CC(=O)Nc1ccc(Sc2ccccc2C(C)N)cc1. The summed E-state index contributed by atoms with van der Waals surface area (Å²) >= 11 is 1.68. The number of nitrogens with one attached hydrogen (secondary N) is 1. The molecule has 20 heavy (non-hydrogen) atoms. The Balaban J connectivity index is 2.16. The van der Waals surface area contributed by atoms with Crippen LogP contribution in [0.25, 0.3) is 0 Å². The summed E-state index contributed by atoms with van der Waals surface area (Å²) in [5, 5.41) is 2.76. The minimum atomic E-state index is -0.0623. The third kappa shape index (κ3) is 3.85. The summed E-state index contributed by atoms with van der Waals surface area (Å²) < 4.78 is 0. The Labute approximate surface area is 123 Å². The van der Waals surface area contributed by atoms with Crippen molar-refractivity contribution in [1.82, 2.24) is 0 Å². The second-order valence-electron chi connectivity index (χ2n) is 4.63. The van der Waals surface area contributed by atoms with Crippen LogP contribution in [0.2, 0.25) is 0 Å². The van der Waals surface area contributed by atoms with E-state index in [1.807, 2.05) is 43.3 Å². The molecule has 0 bridgehead atoms. The van der Waals surface area contributed by atoms with Gasteiger partial charge in [-0.2, -0.15) is 0 Å². The van der Waals surface area contributed by atoms with Gasteiger partial charge in [-0.15, -0.1) is 0 Å². The highest BCUT2D eigenvalue weighted by atomic mass is 32.2. The molecule has 2 rings (SSSR count). The van der Waals surface area contributed by atoms with Gasteiger partial charge in [-0.3, -0.25) is 4.79 Å². The van der Waals surface area contributed by atoms with Gasteiger partial charge in [-0.25, -0.2) is 0 Å². The highest BCUT2D eigenvalue weighted by Gasteiger charge is 2.07. The molecule has 1 atom stereocenters. The normalized spacial score (nSPS) is 11.9. The first-order chi connectivity index (χ1) is 9.56. The van der Waals surface area contributed by atoms with Crippen LogP contribution in [0.1, 0.15) is 25.5 Å². The van der Waals surface area contributed by atoms with Crippen molar-refractivity contribution in [3.63, 3.8) is 0 Å². The number of amides is 1. The predicted octanol–water partition coefficient (Wildman–Crippen LogP) is 3.82. The number of hydrogen-bond donors (Lipinski definition) is 2. The van der Waals surface area contributed by atoms with Crippen LogP contribution in [-0.2, 0) is 4.79 Å². The van der Waals surface area contributed by atoms with Crippen LogP contribution >= 0.6 is 11.8 Å². The van der Waals surface area contributed by atoms with Gasteiger partial charge in [0.15, 0.2) is 0 Å². The van der Waals surface area contributed by atoms with E-state index < -0.39 is 0 Å². The first kappa shape index (κ1) is 14.6.